The van der Waals surface area contributed by atoms with Crippen LogP contribution in [0.15, 0.2) is 35.4 Å². The van der Waals surface area contributed by atoms with E-state index in [0.717, 1.165) is 23.9 Å². The van der Waals surface area contributed by atoms with Gasteiger partial charge in [0.1, 0.15) is 0 Å². The lowest BCUT2D eigenvalue weighted by Gasteiger charge is -2.37. The summed E-state index contributed by atoms with van der Waals surface area (Å²) in [5.74, 6) is 0.506. The van der Waals surface area contributed by atoms with Crippen LogP contribution in [0.1, 0.15) is 25.3 Å². The summed E-state index contributed by atoms with van der Waals surface area (Å²) < 4.78 is 28.0. The lowest BCUT2D eigenvalue weighted by Crippen LogP contribution is -2.49. The van der Waals surface area contributed by atoms with Crippen molar-refractivity contribution in [2.45, 2.75) is 37.6 Å². The lowest BCUT2D eigenvalue weighted by molar-refractivity contribution is 0.211. The number of pyridine rings is 1. The average molecular weight is 333 g/mol. The molecule has 3 rings (SSSR count). The first-order valence-electron chi connectivity index (χ1n) is 8.01. The van der Waals surface area contributed by atoms with E-state index < -0.39 is 10.0 Å². The second-order valence-corrected chi connectivity index (χ2v) is 8.27. The van der Waals surface area contributed by atoms with E-state index in [-0.39, 0.29) is 6.04 Å². The quantitative estimate of drug-likeness (QED) is 0.935. The summed E-state index contributed by atoms with van der Waals surface area (Å²) in [6, 6.07) is 7.00. The molecular formula is C17H23N3O2S. The molecule has 1 aromatic heterocycles. The summed E-state index contributed by atoms with van der Waals surface area (Å²) in [4.78, 5) is 4.68. The molecule has 0 aliphatic carbocycles. The molecule has 2 aromatic rings. The second-order valence-electron chi connectivity index (χ2n) is 6.41. The van der Waals surface area contributed by atoms with Crippen molar-refractivity contribution >= 4 is 20.9 Å². The molecule has 1 saturated heterocycles. The summed E-state index contributed by atoms with van der Waals surface area (Å²) in [7, 11) is -3.58. The van der Waals surface area contributed by atoms with Crippen LogP contribution in [0.25, 0.3) is 10.9 Å². The van der Waals surface area contributed by atoms with Gasteiger partial charge in [-0.15, -0.1) is 0 Å². The zero-order valence-corrected chi connectivity index (χ0v) is 14.4. The minimum absolute atomic E-state index is 0.128. The molecule has 1 aromatic carbocycles. The molecule has 0 spiro atoms. The van der Waals surface area contributed by atoms with Crippen molar-refractivity contribution in [3.63, 3.8) is 0 Å². The van der Waals surface area contributed by atoms with Gasteiger partial charge in [-0.25, -0.2) is 8.42 Å². The second kappa shape index (κ2) is 6.19. The van der Waals surface area contributed by atoms with Gasteiger partial charge >= 0.3 is 0 Å². The predicted octanol–water partition coefficient (Wildman–Crippen LogP) is 2.29. The van der Waals surface area contributed by atoms with Crippen molar-refractivity contribution < 1.29 is 8.42 Å². The van der Waals surface area contributed by atoms with Crippen molar-refractivity contribution in [3.8, 4) is 0 Å². The SMILES string of the molecule is Cc1ccc(S(=O)(=O)N2CCC(C)CC2CN)c2cccnc12. The topological polar surface area (TPSA) is 76.3 Å². The number of aryl methyl sites for hydroxylation is 1. The van der Waals surface area contributed by atoms with Crippen LogP contribution >= 0.6 is 0 Å². The molecule has 1 fully saturated rings. The van der Waals surface area contributed by atoms with Crippen LogP contribution in [-0.2, 0) is 10.0 Å². The monoisotopic (exact) mass is 333 g/mol. The number of hydrogen-bond donors (Lipinski definition) is 1. The van der Waals surface area contributed by atoms with Crippen LogP contribution < -0.4 is 5.73 Å². The Balaban J connectivity index is 2.12. The van der Waals surface area contributed by atoms with Crippen molar-refractivity contribution in [1.82, 2.24) is 9.29 Å². The highest BCUT2D eigenvalue weighted by atomic mass is 32.2. The fourth-order valence-electron chi connectivity index (χ4n) is 3.40. The van der Waals surface area contributed by atoms with Crippen molar-refractivity contribution in [3.05, 3.63) is 36.0 Å². The minimum atomic E-state index is -3.58. The molecule has 1 aliphatic heterocycles. The Kier molecular flexibility index (Phi) is 4.40. The van der Waals surface area contributed by atoms with Crippen molar-refractivity contribution in [2.24, 2.45) is 11.7 Å². The molecule has 0 radical (unpaired) electrons. The highest BCUT2D eigenvalue weighted by Crippen LogP contribution is 2.31. The number of sulfonamides is 1. The molecule has 0 bridgehead atoms. The molecule has 2 heterocycles. The molecule has 5 nitrogen and oxygen atoms in total. The highest BCUT2D eigenvalue weighted by molar-refractivity contribution is 7.89. The van der Waals surface area contributed by atoms with Gasteiger partial charge in [0.25, 0.3) is 0 Å². The third-order valence-corrected chi connectivity index (χ3v) is 6.72. The average Bonchev–Trinajstić information content (AvgIpc) is 2.54. The minimum Gasteiger partial charge on any atom is -0.329 e. The van der Waals surface area contributed by atoms with E-state index in [2.05, 4.69) is 11.9 Å². The number of nitrogens with zero attached hydrogens (tertiary/aromatic N) is 2. The van der Waals surface area contributed by atoms with Gasteiger partial charge in [-0.2, -0.15) is 4.31 Å². The fraction of sp³-hybridized carbons (Fsp3) is 0.471. The summed E-state index contributed by atoms with van der Waals surface area (Å²) in [6.45, 7) is 4.97. The molecule has 124 valence electrons. The molecule has 0 amide bonds. The third kappa shape index (κ3) is 2.86. The van der Waals surface area contributed by atoms with Gasteiger partial charge in [0.2, 0.25) is 10.0 Å². The number of nitrogens with two attached hydrogens (primary N) is 1. The van der Waals surface area contributed by atoms with Crippen LogP contribution in [-0.4, -0.2) is 36.8 Å². The van der Waals surface area contributed by atoms with Gasteiger partial charge < -0.3 is 5.73 Å². The summed E-state index contributed by atoms with van der Waals surface area (Å²) in [5.41, 5.74) is 7.56. The van der Waals surface area contributed by atoms with Crippen molar-refractivity contribution in [1.29, 1.82) is 0 Å². The van der Waals surface area contributed by atoms with E-state index in [1.165, 1.54) is 0 Å². The molecular weight excluding hydrogens is 310 g/mol. The number of hydrogen-bond acceptors (Lipinski definition) is 4. The zero-order valence-electron chi connectivity index (χ0n) is 13.6. The number of benzene rings is 1. The number of aromatic nitrogens is 1. The lowest BCUT2D eigenvalue weighted by atomic mass is 9.94. The van der Waals surface area contributed by atoms with Crippen molar-refractivity contribution in [2.75, 3.05) is 13.1 Å². The molecule has 1 aliphatic rings. The molecule has 2 atom stereocenters. The Morgan fingerprint density at radius 3 is 2.87 bits per heavy atom. The van der Waals surface area contributed by atoms with Crippen LogP contribution in [0.5, 0.6) is 0 Å². The van der Waals surface area contributed by atoms with E-state index in [1.807, 2.05) is 19.1 Å². The molecule has 23 heavy (non-hydrogen) atoms. The Hall–Kier alpha value is -1.50. The van der Waals surface area contributed by atoms with Gasteiger partial charge in [-0.3, -0.25) is 4.98 Å². The first-order chi connectivity index (χ1) is 10.9. The Bertz CT molecular complexity index is 820. The normalized spacial score (nSPS) is 23.3. The Morgan fingerprint density at radius 1 is 1.35 bits per heavy atom. The van der Waals surface area contributed by atoms with E-state index in [1.54, 1.807) is 22.6 Å². The smallest absolute Gasteiger partial charge is 0.244 e. The van der Waals surface area contributed by atoms with Crippen LogP contribution in [0, 0.1) is 12.8 Å². The predicted molar refractivity (Wildman–Crippen MR) is 91.6 cm³/mol. The zero-order chi connectivity index (χ0) is 16.6. The Morgan fingerprint density at radius 2 is 2.13 bits per heavy atom. The summed E-state index contributed by atoms with van der Waals surface area (Å²) in [5, 5.41) is 0.682. The van der Waals surface area contributed by atoms with E-state index in [9.17, 15) is 8.42 Å². The summed E-state index contributed by atoms with van der Waals surface area (Å²) >= 11 is 0. The Labute approximate surface area is 137 Å². The molecule has 2 unspecified atom stereocenters. The first-order valence-corrected chi connectivity index (χ1v) is 9.45. The standard InChI is InChI=1S/C17H23N3O2S/c1-12-7-9-20(14(10-12)11-18)23(21,22)16-6-5-13(2)17-15(16)4-3-8-19-17/h3-6,8,12,14H,7,9-11,18H2,1-2H3. The summed E-state index contributed by atoms with van der Waals surface area (Å²) in [6.07, 6.45) is 3.38. The maximum absolute atomic E-state index is 13.2. The van der Waals surface area contributed by atoms with E-state index >= 15 is 0 Å². The number of fused-ring (bicyclic) bond motifs is 1. The van der Waals surface area contributed by atoms with E-state index in [4.69, 9.17) is 5.73 Å². The largest absolute Gasteiger partial charge is 0.329 e. The maximum Gasteiger partial charge on any atom is 0.244 e. The van der Waals surface area contributed by atoms with Gasteiger partial charge in [-0.1, -0.05) is 13.0 Å². The van der Waals surface area contributed by atoms with E-state index in [0.29, 0.717) is 29.3 Å². The first kappa shape index (κ1) is 16.4. The molecule has 0 saturated carbocycles. The number of rotatable bonds is 3. The van der Waals surface area contributed by atoms with Crippen LogP contribution in [0.4, 0.5) is 0 Å². The van der Waals surface area contributed by atoms with Gasteiger partial charge in [0.15, 0.2) is 0 Å². The molecule has 2 N–H and O–H groups in total. The van der Waals surface area contributed by atoms with Gasteiger partial charge in [0, 0.05) is 30.7 Å². The number of piperidine rings is 1. The highest BCUT2D eigenvalue weighted by Gasteiger charge is 2.35. The third-order valence-electron chi connectivity index (χ3n) is 4.71. The van der Waals surface area contributed by atoms with Crippen LogP contribution in [0.3, 0.4) is 0 Å². The maximum atomic E-state index is 13.2. The van der Waals surface area contributed by atoms with Gasteiger partial charge in [-0.05, 0) is 49.4 Å². The fourth-order valence-corrected chi connectivity index (χ4v) is 5.25. The van der Waals surface area contributed by atoms with Crippen LogP contribution in [0.2, 0.25) is 0 Å². The van der Waals surface area contributed by atoms with Gasteiger partial charge in [0.05, 0.1) is 10.4 Å². The molecule has 6 heteroatoms.